The lowest BCUT2D eigenvalue weighted by Gasteiger charge is -2.22. The van der Waals surface area contributed by atoms with Crippen LogP contribution in [0.5, 0.6) is 0 Å². The first-order chi connectivity index (χ1) is 10.1. The fourth-order valence-corrected chi connectivity index (χ4v) is 2.33. The van der Waals surface area contributed by atoms with E-state index in [9.17, 15) is 13.6 Å². The third-order valence-corrected chi connectivity index (χ3v) is 3.51. The Labute approximate surface area is 119 Å². The highest BCUT2D eigenvalue weighted by Crippen LogP contribution is 2.13. The molecule has 1 aromatic carbocycles. The molecule has 1 aromatic heterocycles. The molecular formula is C14H14F2N4O. The molecule has 1 aliphatic heterocycles. The van der Waals surface area contributed by atoms with Crippen LogP contribution in [0.15, 0.2) is 24.5 Å². The van der Waals surface area contributed by atoms with E-state index in [0.717, 1.165) is 17.5 Å². The van der Waals surface area contributed by atoms with Gasteiger partial charge < -0.3 is 10.3 Å². The molecule has 0 radical (unpaired) electrons. The number of imidazole rings is 1. The van der Waals surface area contributed by atoms with Crippen molar-refractivity contribution < 1.29 is 13.6 Å². The number of aromatic amines is 1. The van der Waals surface area contributed by atoms with Gasteiger partial charge in [0.25, 0.3) is 0 Å². The number of halogens is 2. The Morgan fingerprint density at radius 2 is 2.29 bits per heavy atom. The maximum absolute atomic E-state index is 13.5. The highest BCUT2D eigenvalue weighted by atomic mass is 19.1. The summed E-state index contributed by atoms with van der Waals surface area (Å²) in [5.41, 5.74) is 2.09. The van der Waals surface area contributed by atoms with Gasteiger partial charge in [-0.3, -0.25) is 10.1 Å². The van der Waals surface area contributed by atoms with E-state index in [1.165, 1.54) is 12.1 Å². The van der Waals surface area contributed by atoms with Crippen LogP contribution in [-0.2, 0) is 24.3 Å². The van der Waals surface area contributed by atoms with Crippen molar-refractivity contribution in [1.29, 1.82) is 0 Å². The van der Waals surface area contributed by atoms with Crippen molar-refractivity contribution in [2.45, 2.75) is 25.6 Å². The largest absolute Gasteiger partial charge is 0.351 e. The zero-order chi connectivity index (χ0) is 14.8. The van der Waals surface area contributed by atoms with Crippen molar-refractivity contribution in [2.24, 2.45) is 0 Å². The Morgan fingerprint density at radius 3 is 3.10 bits per heavy atom. The molecule has 2 heterocycles. The Kier molecular flexibility index (Phi) is 3.66. The number of carbonyl (C=O) groups excluding carboxylic acids is 1. The highest BCUT2D eigenvalue weighted by Gasteiger charge is 2.25. The molecule has 0 saturated heterocycles. The van der Waals surface area contributed by atoms with Crippen LogP contribution >= 0.6 is 0 Å². The van der Waals surface area contributed by atoms with Crippen LogP contribution < -0.4 is 10.6 Å². The molecule has 21 heavy (non-hydrogen) atoms. The number of H-pyrrole nitrogens is 1. The Bertz CT molecular complexity index is 671. The van der Waals surface area contributed by atoms with E-state index in [1.807, 2.05) is 0 Å². The molecule has 0 bridgehead atoms. The molecule has 1 atom stereocenters. The number of fused-ring (bicyclic) bond motifs is 1. The van der Waals surface area contributed by atoms with Gasteiger partial charge in [-0.1, -0.05) is 6.07 Å². The first-order valence-corrected chi connectivity index (χ1v) is 6.59. The van der Waals surface area contributed by atoms with Crippen LogP contribution in [0.25, 0.3) is 0 Å². The number of nitrogens with one attached hydrogen (secondary N) is 3. The van der Waals surface area contributed by atoms with Gasteiger partial charge in [0.1, 0.15) is 11.6 Å². The van der Waals surface area contributed by atoms with E-state index in [4.69, 9.17) is 0 Å². The SMILES string of the molecule is O=C(NCc1ccc(F)cc1F)C1Cc2nc[nH]c2CN1. The first-order valence-electron chi connectivity index (χ1n) is 6.59. The topological polar surface area (TPSA) is 69.8 Å². The monoisotopic (exact) mass is 292 g/mol. The summed E-state index contributed by atoms with van der Waals surface area (Å²) in [6.45, 7) is 0.564. The predicted octanol–water partition coefficient (Wildman–Crippen LogP) is 1.02. The fourth-order valence-electron chi connectivity index (χ4n) is 2.33. The van der Waals surface area contributed by atoms with Crippen LogP contribution in [0, 0.1) is 11.6 Å². The lowest BCUT2D eigenvalue weighted by atomic mass is 10.0. The molecule has 5 nitrogen and oxygen atoms in total. The van der Waals surface area contributed by atoms with Crippen molar-refractivity contribution >= 4 is 5.91 Å². The average Bonchev–Trinajstić information content (AvgIpc) is 2.93. The third kappa shape index (κ3) is 2.92. The van der Waals surface area contributed by atoms with E-state index < -0.39 is 17.7 Å². The zero-order valence-corrected chi connectivity index (χ0v) is 11.1. The summed E-state index contributed by atoms with van der Waals surface area (Å²) in [5.74, 6) is -1.53. The van der Waals surface area contributed by atoms with Crippen LogP contribution in [0.2, 0.25) is 0 Å². The van der Waals surface area contributed by atoms with Gasteiger partial charge >= 0.3 is 0 Å². The standard InChI is InChI=1S/C14H14F2N4O/c15-9-2-1-8(10(16)3-9)5-18-14(21)12-4-11-13(6-17-12)20-7-19-11/h1-3,7,12,17H,4-6H2,(H,18,21)(H,19,20). The Balaban J connectivity index is 1.60. The van der Waals surface area contributed by atoms with Gasteiger partial charge in [0, 0.05) is 31.1 Å². The van der Waals surface area contributed by atoms with E-state index >= 15 is 0 Å². The van der Waals surface area contributed by atoms with E-state index in [2.05, 4.69) is 20.6 Å². The number of rotatable bonds is 3. The number of amides is 1. The predicted molar refractivity (Wildman–Crippen MR) is 71.1 cm³/mol. The Hall–Kier alpha value is -2.28. The minimum Gasteiger partial charge on any atom is -0.351 e. The quantitative estimate of drug-likeness (QED) is 0.791. The van der Waals surface area contributed by atoms with Crippen molar-refractivity contribution in [3.8, 4) is 0 Å². The molecule has 0 fully saturated rings. The molecule has 110 valence electrons. The molecule has 0 saturated carbocycles. The Morgan fingerprint density at radius 1 is 1.43 bits per heavy atom. The summed E-state index contributed by atoms with van der Waals surface area (Å²) < 4.78 is 26.3. The van der Waals surface area contributed by atoms with E-state index in [1.54, 1.807) is 6.33 Å². The van der Waals surface area contributed by atoms with Crippen molar-refractivity contribution in [3.63, 3.8) is 0 Å². The van der Waals surface area contributed by atoms with E-state index in [0.29, 0.717) is 13.0 Å². The van der Waals surface area contributed by atoms with Gasteiger partial charge in [-0.15, -0.1) is 0 Å². The molecule has 1 amide bonds. The summed E-state index contributed by atoms with van der Waals surface area (Å²) in [7, 11) is 0. The molecule has 1 unspecified atom stereocenters. The van der Waals surface area contributed by atoms with Gasteiger partial charge in [0.15, 0.2) is 0 Å². The fraction of sp³-hybridized carbons (Fsp3) is 0.286. The van der Waals surface area contributed by atoms with Crippen LogP contribution in [0.3, 0.4) is 0 Å². The van der Waals surface area contributed by atoms with Crippen LogP contribution in [0.4, 0.5) is 8.78 Å². The second-order valence-electron chi connectivity index (χ2n) is 4.92. The summed E-state index contributed by atoms with van der Waals surface area (Å²) in [6.07, 6.45) is 2.08. The van der Waals surface area contributed by atoms with Crippen molar-refractivity contribution in [3.05, 3.63) is 53.1 Å². The zero-order valence-electron chi connectivity index (χ0n) is 11.1. The maximum atomic E-state index is 13.5. The molecule has 3 rings (SSSR count). The van der Waals surface area contributed by atoms with E-state index in [-0.39, 0.29) is 18.0 Å². The van der Waals surface area contributed by atoms with Gasteiger partial charge in [-0.05, 0) is 6.07 Å². The number of hydrogen-bond donors (Lipinski definition) is 3. The number of aromatic nitrogens is 2. The number of carbonyl (C=O) groups is 1. The van der Waals surface area contributed by atoms with Gasteiger partial charge in [0.2, 0.25) is 5.91 Å². The first kappa shape index (κ1) is 13.7. The lowest BCUT2D eigenvalue weighted by Crippen LogP contribution is -2.47. The summed E-state index contributed by atoms with van der Waals surface area (Å²) in [4.78, 5) is 19.2. The maximum Gasteiger partial charge on any atom is 0.237 e. The van der Waals surface area contributed by atoms with Crippen LogP contribution in [0.1, 0.15) is 17.0 Å². The van der Waals surface area contributed by atoms with Gasteiger partial charge in [0.05, 0.1) is 23.8 Å². The molecule has 7 heteroatoms. The van der Waals surface area contributed by atoms with Gasteiger partial charge in [-0.2, -0.15) is 0 Å². The minimum atomic E-state index is -0.665. The summed E-state index contributed by atoms with van der Waals surface area (Å²) in [5, 5.41) is 5.73. The molecule has 0 spiro atoms. The number of hydrogen-bond acceptors (Lipinski definition) is 3. The molecule has 1 aliphatic rings. The smallest absolute Gasteiger partial charge is 0.237 e. The molecule has 2 aromatic rings. The third-order valence-electron chi connectivity index (χ3n) is 3.51. The molecule has 0 aliphatic carbocycles. The highest BCUT2D eigenvalue weighted by molar-refractivity contribution is 5.82. The van der Waals surface area contributed by atoms with Crippen LogP contribution in [-0.4, -0.2) is 21.9 Å². The van der Waals surface area contributed by atoms with Crippen molar-refractivity contribution in [1.82, 2.24) is 20.6 Å². The minimum absolute atomic E-state index is 0.0244. The van der Waals surface area contributed by atoms with Crippen molar-refractivity contribution in [2.75, 3.05) is 0 Å². The van der Waals surface area contributed by atoms with Gasteiger partial charge in [-0.25, -0.2) is 13.8 Å². The lowest BCUT2D eigenvalue weighted by molar-refractivity contribution is -0.123. The summed E-state index contributed by atoms with van der Waals surface area (Å²) in [6, 6.07) is 2.89. The molecule has 3 N–H and O–H groups in total. The summed E-state index contributed by atoms with van der Waals surface area (Å²) >= 11 is 0. The number of benzene rings is 1. The number of nitrogens with zero attached hydrogens (tertiary/aromatic N) is 1. The molecular weight excluding hydrogens is 278 g/mol. The second kappa shape index (κ2) is 5.61. The second-order valence-corrected chi connectivity index (χ2v) is 4.92. The normalized spacial score (nSPS) is 17.3. The average molecular weight is 292 g/mol.